The van der Waals surface area contributed by atoms with Crippen molar-refractivity contribution < 1.29 is 4.79 Å². The van der Waals surface area contributed by atoms with E-state index in [9.17, 15) is 4.79 Å². The highest BCUT2D eigenvalue weighted by Crippen LogP contribution is 2.41. The van der Waals surface area contributed by atoms with Gasteiger partial charge in [-0.25, -0.2) is 0 Å². The molecule has 1 aromatic rings. The first-order valence-corrected chi connectivity index (χ1v) is 6.62. The third kappa shape index (κ3) is 2.26. The monoisotopic (exact) mass is 307 g/mol. The maximum Gasteiger partial charge on any atom is 0.231 e. The van der Waals surface area contributed by atoms with E-state index in [1.165, 1.54) is 0 Å². The van der Waals surface area contributed by atoms with E-state index in [0.29, 0.717) is 17.8 Å². The lowest BCUT2D eigenvalue weighted by atomic mass is 9.68. The van der Waals surface area contributed by atoms with Crippen LogP contribution in [-0.4, -0.2) is 12.5 Å². The van der Waals surface area contributed by atoms with Gasteiger partial charge in [0.2, 0.25) is 5.91 Å². The fourth-order valence-electron chi connectivity index (χ4n) is 2.10. The topological polar surface area (TPSA) is 78.9 Å². The Morgan fingerprint density at radius 1 is 1.56 bits per heavy atom. The van der Waals surface area contributed by atoms with Gasteiger partial charge in [-0.1, -0.05) is 22.4 Å². The predicted molar refractivity (Wildman–Crippen MR) is 72.8 cm³/mol. The lowest BCUT2D eigenvalue weighted by molar-refractivity contribution is -0.129. The standard InChI is InChI=1S/C13H14BrN3O/c14-10-3-2-9(7-15)11(6-10)17-12(18)13(8-16)4-1-5-13/h2-3,6H,1,4-5,8,16H2,(H,17,18). The molecule has 94 valence electrons. The molecule has 4 nitrogen and oxygen atoms in total. The molecule has 0 saturated heterocycles. The van der Waals surface area contributed by atoms with Gasteiger partial charge in [-0.05, 0) is 31.0 Å². The van der Waals surface area contributed by atoms with Crippen LogP contribution in [0.5, 0.6) is 0 Å². The Labute approximate surface area is 114 Å². The molecule has 0 bridgehead atoms. The summed E-state index contributed by atoms with van der Waals surface area (Å²) in [6, 6.07) is 7.25. The normalized spacial score (nSPS) is 16.5. The van der Waals surface area contributed by atoms with Crippen molar-refractivity contribution in [2.75, 3.05) is 11.9 Å². The molecule has 1 aliphatic rings. The van der Waals surface area contributed by atoms with E-state index in [1.807, 2.05) is 0 Å². The van der Waals surface area contributed by atoms with Crippen LogP contribution in [0, 0.1) is 16.7 Å². The second-order valence-corrected chi connectivity index (χ2v) is 5.51. The van der Waals surface area contributed by atoms with Gasteiger partial charge in [0.25, 0.3) is 0 Å². The van der Waals surface area contributed by atoms with Gasteiger partial charge in [-0.2, -0.15) is 5.26 Å². The number of carbonyl (C=O) groups excluding carboxylic acids is 1. The number of nitrogens with zero attached hydrogens (tertiary/aromatic N) is 1. The lowest BCUT2D eigenvalue weighted by Gasteiger charge is -2.39. The fraction of sp³-hybridized carbons (Fsp3) is 0.385. The Morgan fingerprint density at radius 2 is 2.28 bits per heavy atom. The van der Waals surface area contributed by atoms with Gasteiger partial charge in [-0.15, -0.1) is 0 Å². The van der Waals surface area contributed by atoms with E-state index in [1.54, 1.807) is 18.2 Å². The third-order valence-corrected chi connectivity index (χ3v) is 4.03. The Kier molecular flexibility index (Phi) is 3.69. The van der Waals surface area contributed by atoms with Gasteiger partial charge in [0.05, 0.1) is 16.7 Å². The van der Waals surface area contributed by atoms with Crippen molar-refractivity contribution in [3.05, 3.63) is 28.2 Å². The Balaban J connectivity index is 2.21. The molecule has 0 radical (unpaired) electrons. The van der Waals surface area contributed by atoms with Crippen molar-refractivity contribution in [1.82, 2.24) is 0 Å². The SMILES string of the molecule is N#Cc1ccc(Br)cc1NC(=O)C1(CN)CCC1. The van der Waals surface area contributed by atoms with Crippen molar-refractivity contribution in [3.8, 4) is 6.07 Å². The Hall–Kier alpha value is -1.38. The molecular weight excluding hydrogens is 294 g/mol. The van der Waals surface area contributed by atoms with Crippen LogP contribution in [0.1, 0.15) is 24.8 Å². The van der Waals surface area contributed by atoms with Gasteiger partial charge < -0.3 is 11.1 Å². The number of hydrogen-bond donors (Lipinski definition) is 2. The molecule has 1 amide bonds. The summed E-state index contributed by atoms with van der Waals surface area (Å²) in [6.45, 7) is 0.356. The number of hydrogen-bond acceptors (Lipinski definition) is 3. The van der Waals surface area contributed by atoms with Crippen LogP contribution in [0.4, 0.5) is 5.69 Å². The number of benzene rings is 1. The third-order valence-electron chi connectivity index (χ3n) is 3.53. The molecule has 2 rings (SSSR count). The molecule has 1 fully saturated rings. The molecule has 0 unspecified atom stereocenters. The predicted octanol–water partition coefficient (Wildman–Crippen LogP) is 2.39. The van der Waals surface area contributed by atoms with Crippen LogP contribution in [0.15, 0.2) is 22.7 Å². The molecule has 0 atom stereocenters. The summed E-state index contributed by atoms with van der Waals surface area (Å²) in [4.78, 5) is 12.2. The van der Waals surface area contributed by atoms with Crippen LogP contribution in [-0.2, 0) is 4.79 Å². The van der Waals surface area contributed by atoms with Crippen molar-refractivity contribution in [3.63, 3.8) is 0 Å². The summed E-state index contributed by atoms with van der Waals surface area (Å²) in [7, 11) is 0. The molecule has 1 aliphatic carbocycles. The molecular formula is C13H14BrN3O. The number of halogens is 1. The van der Waals surface area contributed by atoms with Gasteiger partial charge in [0, 0.05) is 11.0 Å². The first kappa shape index (κ1) is 13.1. The molecule has 18 heavy (non-hydrogen) atoms. The van der Waals surface area contributed by atoms with E-state index in [-0.39, 0.29) is 5.91 Å². The largest absolute Gasteiger partial charge is 0.329 e. The number of rotatable bonds is 3. The van der Waals surface area contributed by atoms with Crippen LogP contribution in [0.3, 0.4) is 0 Å². The van der Waals surface area contributed by atoms with Crippen LogP contribution >= 0.6 is 15.9 Å². The first-order chi connectivity index (χ1) is 8.61. The number of carbonyl (C=O) groups is 1. The number of nitriles is 1. The van der Waals surface area contributed by atoms with Crippen molar-refractivity contribution in [2.45, 2.75) is 19.3 Å². The number of amides is 1. The van der Waals surface area contributed by atoms with Gasteiger partial charge in [0.1, 0.15) is 6.07 Å². The summed E-state index contributed by atoms with van der Waals surface area (Å²) in [5, 5.41) is 11.8. The van der Waals surface area contributed by atoms with E-state index in [4.69, 9.17) is 11.0 Å². The lowest BCUT2D eigenvalue weighted by Crippen LogP contribution is -2.47. The maximum atomic E-state index is 12.2. The number of nitrogens with two attached hydrogens (primary N) is 1. The fourth-order valence-corrected chi connectivity index (χ4v) is 2.46. The second-order valence-electron chi connectivity index (χ2n) is 4.59. The molecule has 0 aliphatic heterocycles. The van der Waals surface area contributed by atoms with Gasteiger partial charge in [-0.3, -0.25) is 4.79 Å². The molecule has 0 aromatic heterocycles. The van der Waals surface area contributed by atoms with E-state index < -0.39 is 5.41 Å². The van der Waals surface area contributed by atoms with Crippen LogP contribution in [0.25, 0.3) is 0 Å². The smallest absolute Gasteiger partial charge is 0.231 e. The highest BCUT2D eigenvalue weighted by Gasteiger charge is 2.42. The highest BCUT2D eigenvalue weighted by molar-refractivity contribution is 9.10. The molecule has 5 heteroatoms. The second kappa shape index (κ2) is 5.09. The molecule has 0 spiro atoms. The first-order valence-electron chi connectivity index (χ1n) is 5.82. The minimum Gasteiger partial charge on any atom is -0.329 e. The van der Waals surface area contributed by atoms with Crippen LogP contribution in [0.2, 0.25) is 0 Å². The average Bonchev–Trinajstić information content (AvgIpc) is 2.28. The van der Waals surface area contributed by atoms with Crippen molar-refractivity contribution >= 4 is 27.5 Å². The quantitative estimate of drug-likeness (QED) is 0.900. The van der Waals surface area contributed by atoms with Gasteiger partial charge in [0.15, 0.2) is 0 Å². The highest BCUT2D eigenvalue weighted by atomic mass is 79.9. The van der Waals surface area contributed by atoms with Crippen molar-refractivity contribution in [1.29, 1.82) is 5.26 Å². The Bertz CT molecular complexity index is 512. The average molecular weight is 308 g/mol. The van der Waals surface area contributed by atoms with E-state index >= 15 is 0 Å². The molecule has 0 heterocycles. The van der Waals surface area contributed by atoms with Crippen molar-refractivity contribution in [2.24, 2.45) is 11.1 Å². The molecule has 1 aromatic carbocycles. The zero-order valence-corrected chi connectivity index (χ0v) is 11.5. The summed E-state index contributed by atoms with van der Waals surface area (Å²) in [5.74, 6) is -0.0779. The molecule has 3 N–H and O–H groups in total. The Morgan fingerprint density at radius 3 is 2.78 bits per heavy atom. The summed E-state index contributed by atoms with van der Waals surface area (Å²) >= 11 is 3.33. The van der Waals surface area contributed by atoms with E-state index in [0.717, 1.165) is 23.7 Å². The van der Waals surface area contributed by atoms with Crippen LogP contribution < -0.4 is 11.1 Å². The summed E-state index contributed by atoms with van der Waals surface area (Å²) in [6.07, 6.45) is 2.69. The maximum absolute atomic E-state index is 12.2. The summed E-state index contributed by atoms with van der Waals surface area (Å²) in [5.41, 5.74) is 6.25. The number of nitrogens with one attached hydrogen (secondary N) is 1. The zero-order valence-electron chi connectivity index (χ0n) is 9.87. The summed E-state index contributed by atoms with van der Waals surface area (Å²) < 4.78 is 0.826. The minimum absolute atomic E-state index is 0.0779. The van der Waals surface area contributed by atoms with E-state index in [2.05, 4.69) is 27.3 Å². The minimum atomic E-state index is -0.435. The molecule has 1 saturated carbocycles. The number of anilines is 1. The van der Waals surface area contributed by atoms with Gasteiger partial charge >= 0.3 is 0 Å². The zero-order chi connectivity index (χ0) is 13.2.